The summed E-state index contributed by atoms with van der Waals surface area (Å²) >= 11 is 37.6. The quantitative estimate of drug-likeness (QED) is 0.551. The molecule has 0 saturated heterocycles. The first-order chi connectivity index (χ1) is 8.82. The monoisotopic (exact) mass is 422 g/mol. The summed E-state index contributed by atoms with van der Waals surface area (Å²) in [6.07, 6.45) is 0. The Labute approximate surface area is 146 Å². The van der Waals surface area contributed by atoms with Gasteiger partial charge in [-0.1, -0.05) is 53.3 Å². The summed E-state index contributed by atoms with van der Waals surface area (Å²) in [7, 11) is -4.65. The van der Waals surface area contributed by atoms with Crippen LogP contribution in [0.4, 0.5) is 0 Å². The molecule has 0 aromatic rings. The van der Waals surface area contributed by atoms with Gasteiger partial charge in [-0.05, 0) is 5.92 Å². The minimum Gasteiger partial charge on any atom is -0.264 e. The van der Waals surface area contributed by atoms with Gasteiger partial charge in [-0.25, -0.2) is 4.18 Å². The highest BCUT2D eigenvalue weighted by molar-refractivity contribution is 7.80. The van der Waals surface area contributed by atoms with Crippen LogP contribution in [0.15, 0.2) is 10.1 Å². The molecule has 20 heavy (non-hydrogen) atoms. The van der Waals surface area contributed by atoms with E-state index in [-0.39, 0.29) is 10.1 Å². The Morgan fingerprint density at radius 1 is 1.15 bits per heavy atom. The molecule has 1 fully saturated rings. The van der Waals surface area contributed by atoms with Gasteiger partial charge in [0.2, 0.25) is 0 Å². The van der Waals surface area contributed by atoms with E-state index >= 15 is 0 Å². The summed E-state index contributed by atoms with van der Waals surface area (Å²) < 4.78 is 32.7. The molecule has 1 saturated carbocycles. The van der Waals surface area contributed by atoms with E-state index in [0.717, 1.165) is 0 Å². The van der Waals surface area contributed by atoms with Crippen molar-refractivity contribution in [2.75, 3.05) is 6.61 Å². The predicted molar refractivity (Wildman–Crippen MR) is 80.5 cm³/mol. The second-order valence-electron chi connectivity index (χ2n) is 4.73. The topological polar surface area (TPSA) is 63.6 Å². The van der Waals surface area contributed by atoms with Gasteiger partial charge >= 0.3 is 10.4 Å². The minimum atomic E-state index is -4.65. The Bertz CT molecular complexity index is 589. The summed E-state index contributed by atoms with van der Waals surface area (Å²) in [6, 6.07) is 0. The van der Waals surface area contributed by atoms with Gasteiger partial charge in [-0.3, -0.25) is 4.55 Å². The second-order valence-corrected chi connectivity index (χ2v) is 9.10. The zero-order valence-corrected chi connectivity index (χ0v) is 15.1. The van der Waals surface area contributed by atoms with E-state index in [1.807, 2.05) is 0 Å². The summed E-state index contributed by atoms with van der Waals surface area (Å²) in [5.74, 6) is -1.32. The van der Waals surface area contributed by atoms with Crippen LogP contribution in [0, 0.1) is 11.8 Å². The third-order valence-corrected chi connectivity index (χ3v) is 8.73. The summed E-state index contributed by atoms with van der Waals surface area (Å²) in [6.45, 7) is 1.15. The zero-order valence-electron chi connectivity index (χ0n) is 9.71. The molecule has 0 spiro atoms. The molecule has 11 heteroatoms. The molecule has 0 aliphatic heterocycles. The van der Waals surface area contributed by atoms with Crippen molar-refractivity contribution in [1.29, 1.82) is 0 Å². The largest absolute Gasteiger partial charge is 0.397 e. The molecule has 2 rings (SSSR count). The summed E-state index contributed by atoms with van der Waals surface area (Å²) in [5.41, 5.74) is 0. The summed E-state index contributed by atoms with van der Waals surface area (Å²) in [5, 5.41) is -0.0284. The molecule has 0 amide bonds. The molecule has 4 nitrogen and oxygen atoms in total. The van der Waals surface area contributed by atoms with Crippen molar-refractivity contribution in [3.63, 3.8) is 0 Å². The lowest BCUT2D eigenvalue weighted by atomic mass is 9.84. The Balaban J connectivity index is 2.49. The van der Waals surface area contributed by atoms with Crippen molar-refractivity contribution < 1.29 is 17.2 Å². The van der Waals surface area contributed by atoms with E-state index in [4.69, 9.17) is 74.2 Å². The number of hydrogen-bond donors (Lipinski definition) is 1. The fraction of sp³-hybridized carbons (Fsp3) is 0.778. The van der Waals surface area contributed by atoms with Crippen molar-refractivity contribution in [3.8, 4) is 0 Å². The highest BCUT2D eigenvalue weighted by Crippen LogP contribution is 2.76. The smallest absolute Gasteiger partial charge is 0.264 e. The number of hydrogen-bond acceptors (Lipinski definition) is 3. The van der Waals surface area contributed by atoms with E-state index in [1.165, 1.54) is 0 Å². The van der Waals surface area contributed by atoms with Crippen LogP contribution in [0.1, 0.15) is 6.92 Å². The normalized spacial score (nSPS) is 43.4. The van der Waals surface area contributed by atoms with Crippen LogP contribution in [0.5, 0.6) is 0 Å². The average Bonchev–Trinajstić information content (AvgIpc) is 2.48. The van der Waals surface area contributed by atoms with E-state index in [0.29, 0.717) is 0 Å². The van der Waals surface area contributed by atoms with Crippen molar-refractivity contribution in [2.45, 2.75) is 21.0 Å². The molecular formula is C9H8Cl6O4S. The lowest BCUT2D eigenvalue weighted by Crippen LogP contribution is -2.45. The van der Waals surface area contributed by atoms with Gasteiger partial charge in [-0.15, -0.1) is 23.2 Å². The first kappa shape index (κ1) is 17.7. The van der Waals surface area contributed by atoms with Crippen LogP contribution in [0.3, 0.4) is 0 Å². The highest BCUT2D eigenvalue weighted by Gasteiger charge is 2.81. The fourth-order valence-corrected chi connectivity index (χ4v) is 6.23. The second kappa shape index (κ2) is 4.92. The molecular weight excluding hydrogens is 417 g/mol. The molecule has 0 heterocycles. The van der Waals surface area contributed by atoms with Crippen molar-refractivity contribution >= 4 is 80.0 Å². The van der Waals surface area contributed by atoms with Crippen LogP contribution in [0.25, 0.3) is 0 Å². The third-order valence-electron chi connectivity index (χ3n) is 3.88. The SMILES string of the molecule is CC1C(COS(=O)(=O)O)C2(Cl)C(Cl)=C(Cl)C1(Cl)C2(Cl)Cl. The molecule has 116 valence electrons. The first-order valence-corrected chi connectivity index (χ1v) is 8.88. The lowest BCUT2D eigenvalue weighted by Gasteiger charge is -2.34. The van der Waals surface area contributed by atoms with E-state index in [1.54, 1.807) is 6.92 Å². The first-order valence-electron chi connectivity index (χ1n) is 5.25. The van der Waals surface area contributed by atoms with Crippen molar-refractivity contribution in [3.05, 3.63) is 10.1 Å². The molecule has 0 aromatic carbocycles. The molecule has 2 aliphatic rings. The Morgan fingerprint density at radius 2 is 1.60 bits per heavy atom. The Kier molecular flexibility index (Phi) is 4.35. The van der Waals surface area contributed by atoms with Gasteiger partial charge < -0.3 is 0 Å². The molecule has 1 N–H and O–H groups in total. The van der Waals surface area contributed by atoms with Crippen LogP contribution >= 0.6 is 69.6 Å². The number of fused-ring (bicyclic) bond motifs is 2. The molecule has 0 radical (unpaired) electrons. The van der Waals surface area contributed by atoms with Gasteiger partial charge in [0, 0.05) is 5.92 Å². The zero-order chi connectivity index (χ0) is 15.7. The van der Waals surface area contributed by atoms with Gasteiger partial charge in [0.1, 0.15) is 9.75 Å². The Hall–Kier alpha value is 1.35. The van der Waals surface area contributed by atoms with Gasteiger partial charge in [0.15, 0.2) is 4.33 Å². The molecule has 2 aliphatic carbocycles. The van der Waals surface area contributed by atoms with E-state index in [9.17, 15) is 8.42 Å². The van der Waals surface area contributed by atoms with E-state index < -0.39 is 42.9 Å². The number of halogens is 6. The predicted octanol–water partition coefficient (Wildman–Crippen LogP) is 3.90. The van der Waals surface area contributed by atoms with Gasteiger partial charge in [-0.2, -0.15) is 8.42 Å². The maximum absolute atomic E-state index is 10.7. The van der Waals surface area contributed by atoms with Crippen LogP contribution < -0.4 is 0 Å². The fourth-order valence-electron chi connectivity index (χ4n) is 2.78. The third kappa shape index (κ3) is 1.98. The molecule has 4 atom stereocenters. The average molecular weight is 425 g/mol. The van der Waals surface area contributed by atoms with Crippen molar-refractivity contribution in [2.24, 2.45) is 11.8 Å². The number of allylic oxidation sites excluding steroid dienone is 2. The van der Waals surface area contributed by atoms with Crippen LogP contribution in [-0.4, -0.2) is 33.7 Å². The molecule has 4 unspecified atom stereocenters. The van der Waals surface area contributed by atoms with Gasteiger partial charge in [0.05, 0.1) is 16.7 Å². The number of rotatable bonds is 3. The van der Waals surface area contributed by atoms with Crippen LogP contribution in [0.2, 0.25) is 0 Å². The van der Waals surface area contributed by atoms with Gasteiger partial charge in [0.25, 0.3) is 0 Å². The maximum atomic E-state index is 10.7. The lowest BCUT2D eigenvalue weighted by molar-refractivity contribution is 0.183. The standard InChI is InChI=1S/C9H8Cl6O4S/c1-3-4(2-19-20(16,17)18)8(13)6(11)5(10)7(3,12)9(8,14)15/h3-4H,2H2,1H3,(H,16,17,18). The summed E-state index contributed by atoms with van der Waals surface area (Å²) in [4.78, 5) is -3.08. The van der Waals surface area contributed by atoms with Crippen LogP contribution in [-0.2, 0) is 14.6 Å². The highest BCUT2D eigenvalue weighted by atomic mass is 35.5. The van der Waals surface area contributed by atoms with E-state index in [2.05, 4.69) is 4.18 Å². The maximum Gasteiger partial charge on any atom is 0.397 e. The minimum absolute atomic E-state index is 0.0245. The molecule has 2 bridgehead atoms. The number of alkyl halides is 4. The Morgan fingerprint density at radius 3 is 2.00 bits per heavy atom. The molecule has 0 aromatic heterocycles. The van der Waals surface area contributed by atoms with Crippen molar-refractivity contribution in [1.82, 2.24) is 0 Å².